The van der Waals surface area contributed by atoms with E-state index in [0.29, 0.717) is 24.7 Å². The highest BCUT2D eigenvalue weighted by molar-refractivity contribution is 6.31. The fourth-order valence-electron chi connectivity index (χ4n) is 7.23. The van der Waals surface area contributed by atoms with Crippen LogP contribution in [0.15, 0.2) is 54.6 Å². The summed E-state index contributed by atoms with van der Waals surface area (Å²) in [6.45, 7) is 1.32. The Morgan fingerprint density at radius 2 is 1.53 bits per heavy atom. The van der Waals surface area contributed by atoms with E-state index in [9.17, 15) is 54.9 Å². The number of aryl methyl sites for hydroxylation is 1. The smallest absolute Gasteiger partial charge is 0.308 e. The van der Waals surface area contributed by atoms with E-state index in [4.69, 9.17) is 14.2 Å². The summed E-state index contributed by atoms with van der Waals surface area (Å²) in [5, 5.41) is 73.4. The van der Waals surface area contributed by atoms with Crippen molar-refractivity contribution in [2.75, 3.05) is 6.61 Å². The Balaban J connectivity index is 1.56. The molecule has 0 amide bonds. The molecule has 2 aliphatic rings. The van der Waals surface area contributed by atoms with E-state index in [1.807, 2.05) is 18.2 Å². The van der Waals surface area contributed by atoms with Crippen molar-refractivity contribution in [1.82, 2.24) is 0 Å². The first-order valence-corrected chi connectivity index (χ1v) is 18.2. The highest BCUT2D eigenvalue weighted by atomic mass is 16.7. The van der Waals surface area contributed by atoms with Gasteiger partial charge >= 0.3 is 5.97 Å². The van der Waals surface area contributed by atoms with Crippen LogP contribution in [-0.4, -0.2) is 96.9 Å². The van der Waals surface area contributed by atoms with E-state index < -0.39 is 72.8 Å². The number of aliphatic hydroxyl groups is 6. The molecule has 1 heterocycles. The van der Waals surface area contributed by atoms with Gasteiger partial charge in [0.15, 0.2) is 17.9 Å². The van der Waals surface area contributed by atoms with Gasteiger partial charge in [0, 0.05) is 53.3 Å². The number of ether oxygens (including phenoxy) is 3. The number of carbonyl (C=O) groups excluding carboxylic acids is 4. The zero-order chi connectivity index (χ0) is 41.1. The van der Waals surface area contributed by atoms with Gasteiger partial charge < -0.3 is 50.0 Å². The molecule has 6 rings (SSSR count). The maximum atomic E-state index is 14.8. The van der Waals surface area contributed by atoms with Gasteiger partial charge in [0.05, 0.1) is 24.9 Å². The minimum atomic E-state index is -1.82. The number of ketones is 2. The van der Waals surface area contributed by atoms with Gasteiger partial charge in [-0.3, -0.25) is 19.2 Å². The van der Waals surface area contributed by atoms with E-state index >= 15 is 0 Å². The predicted octanol–water partition coefficient (Wildman–Crippen LogP) is 2.78. The van der Waals surface area contributed by atoms with Crippen molar-refractivity contribution in [1.29, 1.82) is 0 Å². The summed E-state index contributed by atoms with van der Waals surface area (Å²) < 4.78 is 17.2. The summed E-state index contributed by atoms with van der Waals surface area (Å²) in [7, 11) is 0. The maximum absolute atomic E-state index is 14.8. The van der Waals surface area contributed by atoms with Crippen LogP contribution in [0.3, 0.4) is 0 Å². The van der Waals surface area contributed by atoms with Crippen LogP contribution in [0.25, 0.3) is 12.2 Å². The molecule has 0 bridgehead atoms. The van der Waals surface area contributed by atoms with Gasteiger partial charge in [-0.1, -0.05) is 48.5 Å². The van der Waals surface area contributed by atoms with Crippen LogP contribution in [0.1, 0.15) is 101 Å². The fraction of sp³-hybridized carbons (Fsp3) is 0.302. The highest BCUT2D eigenvalue weighted by Crippen LogP contribution is 2.45. The Bertz CT molecular complexity index is 2260. The fourth-order valence-corrected chi connectivity index (χ4v) is 7.23. The number of aldehydes is 1. The molecule has 298 valence electrons. The number of benzene rings is 4. The highest BCUT2D eigenvalue weighted by Gasteiger charge is 2.44. The van der Waals surface area contributed by atoms with Crippen LogP contribution in [0.5, 0.6) is 17.2 Å². The third-order valence-electron chi connectivity index (χ3n) is 10.1. The molecule has 1 aliphatic carbocycles. The quantitative estimate of drug-likeness (QED) is 0.0394. The first kappa shape index (κ1) is 41.1. The molecule has 1 fully saturated rings. The van der Waals surface area contributed by atoms with E-state index in [-0.39, 0.29) is 74.6 Å². The average Bonchev–Trinajstić information content (AvgIpc) is 3.20. The maximum Gasteiger partial charge on any atom is 0.308 e. The molecule has 0 radical (unpaired) electrons. The molecule has 1 saturated heterocycles. The Hall–Kier alpha value is -5.58. The van der Waals surface area contributed by atoms with Gasteiger partial charge in [-0.2, -0.15) is 0 Å². The molecule has 5 unspecified atom stereocenters. The lowest BCUT2D eigenvalue weighted by molar-refractivity contribution is -0.268. The van der Waals surface area contributed by atoms with Gasteiger partial charge in [0.25, 0.3) is 0 Å². The molecule has 0 saturated carbocycles. The summed E-state index contributed by atoms with van der Waals surface area (Å²) in [4.78, 5) is 54.0. The predicted molar refractivity (Wildman–Crippen MR) is 203 cm³/mol. The van der Waals surface area contributed by atoms with Crippen LogP contribution in [0.2, 0.25) is 0 Å². The molecule has 0 spiro atoms. The van der Waals surface area contributed by atoms with Gasteiger partial charge in [-0.15, -0.1) is 0 Å². The van der Waals surface area contributed by atoms with Crippen LogP contribution >= 0.6 is 0 Å². The molecular formula is C43H42O14. The topological polar surface area (TPSA) is 238 Å². The Morgan fingerprint density at radius 1 is 0.807 bits per heavy atom. The third-order valence-corrected chi connectivity index (χ3v) is 10.1. The molecule has 5 atom stereocenters. The number of fused-ring (bicyclic) bond motifs is 2. The van der Waals surface area contributed by atoms with Gasteiger partial charge in [-0.05, 0) is 65.8 Å². The molecule has 0 aromatic heterocycles. The lowest BCUT2D eigenvalue weighted by Crippen LogP contribution is -2.58. The first-order chi connectivity index (χ1) is 27.3. The molecule has 7 N–H and O–H groups in total. The SMILES string of the molecule is CC(=O)Oc1cc(CO)c2c(c1C=Cc1cccc(CCCO)c1)C(=O)c1cc(OC3OC(C)C(O)C(O)C3O)c(Cc3cccc(CO)c3C=O)c(O)c1C2=O. The number of aromatic hydroxyl groups is 1. The molecule has 1 aliphatic heterocycles. The van der Waals surface area contributed by atoms with E-state index in [0.717, 1.165) is 18.6 Å². The number of carbonyl (C=O) groups is 4. The van der Waals surface area contributed by atoms with E-state index in [2.05, 4.69) is 0 Å². The lowest BCUT2D eigenvalue weighted by Gasteiger charge is -2.39. The second-order valence-electron chi connectivity index (χ2n) is 13.9. The van der Waals surface area contributed by atoms with Crippen molar-refractivity contribution in [2.24, 2.45) is 0 Å². The van der Waals surface area contributed by atoms with Crippen LogP contribution < -0.4 is 9.47 Å². The van der Waals surface area contributed by atoms with Crippen molar-refractivity contribution in [2.45, 2.75) is 77.0 Å². The Kier molecular flexibility index (Phi) is 12.4. The molecule has 14 nitrogen and oxygen atoms in total. The lowest BCUT2D eigenvalue weighted by atomic mass is 9.77. The number of aliphatic hydroxyl groups excluding tert-OH is 6. The molecular weight excluding hydrogens is 740 g/mol. The zero-order valence-corrected chi connectivity index (χ0v) is 31.0. The van der Waals surface area contributed by atoms with Crippen molar-refractivity contribution in [3.8, 4) is 17.2 Å². The number of phenolic OH excluding ortho intramolecular Hbond substituents is 1. The Labute approximate surface area is 326 Å². The summed E-state index contributed by atoms with van der Waals surface area (Å²) in [6, 6.07) is 14.4. The number of hydrogen-bond acceptors (Lipinski definition) is 14. The second kappa shape index (κ2) is 17.3. The largest absolute Gasteiger partial charge is 0.507 e. The molecule has 4 aromatic rings. The molecule has 4 aromatic carbocycles. The van der Waals surface area contributed by atoms with Crippen molar-refractivity contribution in [3.05, 3.63) is 121 Å². The Morgan fingerprint density at radius 3 is 2.21 bits per heavy atom. The average molecular weight is 783 g/mol. The third kappa shape index (κ3) is 8.02. The number of esters is 1. The van der Waals surface area contributed by atoms with E-state index in [1.54, 1.807) is 24.3 Å². The summed E-state index contributed by atoms with van der Waals surface area (Å²) in [6.07, 6.45) is -3.24. The second-order valence-corrected chi connectivity index (χ2v) is 13.9. The zero-order valence-electron chi connectivity index (χ0n) is 31.0. The number of hydrogen-bond donors (Lipinski definition) is 7. The monoisotopic (exact) mass is 782 g/mol. The van der Waals surface area contributed by atoms with Crippen molar-refractivity contribution in [3.63, 3.8) is 0 Å². The number of phenols is 1. The van der Waals surface area contributed by atoms with Gasteiger partial charge in [0.2, 0.25) is 6.29 Å². The van der Waals surface area contributed by atoms with Crippen LogP contribution in [0.4, 0.5) is 0 Å². The van der Waals surface area contributed by atoms with Crippen LogP contribution in [0, 0.1) is 0 Å². The molecule has 57 heavy (non-hydrogen) atoms. The minimum Gasteiger partial charge on any atom is -0.507 e. The molecule has 14 heteroatoms. The van der Waals surface area contributed by atoms with Crippen molar-refractivity contribution >= 4 is 36.0 Å². The van der Waals surface area contributed by atoms with Gasteiger partial charge in [-0.25, -0.2) is 0 Å². The summed E-state index contributed by atoms with van der Waals surface area (Å²) in [5.41, 5.74) is 0.722. The first-order valence-electron chi connectivity index (χ1n) is 18.2. The van der Waals surface area contributed by atoms with Crippen LogP contribution in [-0.2, 0) is 35.6 Å². The standard InChI is InChI=1S/C43H42O14/c1-21-37(49)41(53)42(54)43(55-21)57-33-17-30-36(38(50)29(33)15-25-9-4-10-26(18-45)31(25)20-47)40(52)34-27(19-46)16-32(56-22(2)48)28(35(34)39(30)51)12-11-24-7-3-6-23(14-24)8-5-13-44/h3-4,6-7,9-12,14,16-17,20-21,37,41-46,49-50,53-54H,5,8,13,15,18-19H2,1-2H3. The van der Waals surface area contributed by atoms with E-state index in [1.165, 1.54) is 25.1 Å². The minimum absolute atomic E-state index is 0.00567. The summed E-state index contributed by atoms with van der Waals surface area (Å²) in [5.74, 6) is -3.62. The number of rotatable bonds is 13. The summed E-state index contributed by atoms with van der Waals surface area (Å²) >= 11 is 0. The van der Waals surface area contributed by atoms with Gasteiger partial charge in [0.1, 0.15) is 35.6 Å². The normalized spacial score (nSPS) is 20.3. The van der Waals surface area contributed by atoms with Crippen molar-refractivity contribution < 1.29 is 69.1 Å².